The Morgan fingerprint density at radius 1 is 0.460 bits per heavy atom. The first-order valence-electron chi connectivity index (χ1n) is 20.4. The molecule has 3 heterocycles. The second-order valence-electron chi connectivity index (χ2n) is 11.7. The van der Waals surface area contributed by atoms with Gasteiger partial charge in [-0.25, -0.2) is 15.0 Å². The number of furan rings is 1. The summed E-state index contributed by atoms with van der Waals surface area (Å²) in [4.78, 5) is 14.1. The molecule has 0 spiro atoms. The summed E-state index contributed by atoms with van der Waals surface area (Å²) in [5.41, 5.74) is 5.71. The summed E-state index contributed by atoms with van der Waals surface area (Å²) in [5.74, 6) is 0.412. The summed E-state index contributed by atoms with van der Waals surface area (Å²) < 4.78 is 84.5. The van der Waals surface area contributed by atoms with Crippen molar-refractivity contribution in [3.05, 3.63) is 164 Å². The van der Waals surface area contributed by atoms with Gasteiger partial charge < -0.3 is 4.42 Å². The Kier molecular flexibility index (Phi) is 4.84. The van der Waals surface area contributed by atoms with Crippen LogP contribution >= 0.6 is 11.3 Å². The molecule has 0 fully saturated rings. The number of rotatable bonds is 5. The number of hydrogen-bond acceptors (Lipinski definition) is 5. The largest absolute Gasteiger partial charge is 0.456 e. The van der Waals surface area contributed by atoms with E-state index >= 15 is 0 Å². The highest BCUT2D eigenvalue weighted by Gasteiger charge is 2.20. The molecule has 0 N–H and O–H groups in total. The van der Waals surface area contributed by atoms with Crippen LogP contribution in [0.25, 0.3) is 98.5 Å². The van der Waals surface area contributed by atoms with Gasteiger partial charge in [-0.3, -0.25) is 0 Å². The summed E-state index contributed by atoms with van der Waals surface area (Å²) in [7, 11) is 0. The van der Waals surface area contributed by atoms with Crippen LogP contribution < -0.4 is 0 Å². The van der Waals surface area contributed by atoms with E-state index in [1.807, 2.05) is 109 Å². The minimum Gasteiger partial charge on any atom is -0.456 e. The second kappa shape index (κ2) is 11.6. The van der Waals surface area contributed by atoms with Gasteiger partial charge in [0, 0.05) is 53.2 Å². The molecule has 0 amide bonds. The topological polar surface area (TPSA) is 51.8 Å². The van der Waals surface area contributed by atoms with Gasteiger partial charge >= 0.3 is 0 Å². The lowest BCUT2D eigenvalue weighted by atomic mass is 9.93. The Balaban J connectivity index is 1.19. The van der Waals surface area contributed by atoms with Crippen molar-refractivity contribution in [2.45, 2.75) is 0 Å². The maximum absolute atomic E-state index is 8.98. The van der Waals surface area contributed by atoms with Crippen LogP contribution in [0.4, 0.5) is 0 Å². The molecule has 10 aromatic rings. The smallest absolute Gasteiger partial charge is 0.164 e. The first kappa shape index (κ1) is 20.8. The predicted octanol–water partition coefficient (Wildman–Crippen LogP) is 12.5. The van der Waals surface area contributed by atoms with Gasteiger partial charge in [0.15, 0.2) is 17.5 Å². The summed E-state index contributed by atoms with van der Waals surface area (Å²) in [6.45, 7) is 0. The van der Waals surface area contributed by atoms with E-state index in [4.69, 9.17) is 21.7 Å². The maximum Gasteiger partial charge on any atom is 0.164 e. The van der Waals surface area contributed by atoms with Crippen molar-refractivity contribution in [2.75, 3.05) is 0 Å². The maximum atomic E-state index is 8.98. The van der Waals surface area contributed by atoms with Gasteiger partial charge in [0.25, 0.3) is 0 Å². The van der Waals surface area contributed by atoms with Gasteiger partial charge in [-0.05, 0) is 40.9 Å². The first-order valence-corrected chi connectivity index (χ1v) is 16.7. The van der Waals surface area contributed by atoms with Crippen molar-refractivity contribution in [3.63, 3.8) is 0 Å². The highest BCUT2D eigenvalue weighted by atomic mass is 32.1. The van der Waals surface area contributed by atoms with Crippen LogP contribution in [0.5, 0.6) is 0 Å². The lowest BCUT2D eigenvalue weighted by molar-refractivity contribution is 0.669. The van der Waals surface area contributed by atoms with E-state index in [1.54, 1.807) is 0 Å². The Labute approximate surface area is 304 Å². The van der Waals surface area contributed by atoms with Crippen LogP contribution in [0.3, 0.4) is 0 Å². The van der Waals surface area contributed by atoms with Crippen molar-refractivity contribution in [1.82, 2.24) is 15.0 Å². The van der Waals surface area contributed by atoms with Crippen molar-refractivity contribution < 1.29 is 16.8 Å². The molecule has 0 unspecified atom stereocenters. The summed E-state index contributed by atoms with van der Waals surface area (Å²) in [6, 6.07) is 31.4. The van der Waals surface area contributed by atoms with Crippen molar-refractivity contribution in [3.8, 4) is 56.4 Å². The average molecular weight is 667 g/mol. The predicted molar refractivity (Wildman–Crippen MR) is 207 cm³/mol. The van der Waals surface area contributed by atoms with E-state index in [9.17, 15) is 0 Å². The summed E-state index contributed by atoms with van der Waals surface area (Å²) in [6.07, 6.45) is 0. The third-order valence-electron chi connectivity index (χ3n) is 8.79. The highest BCUT2D eigenvalue weighted by molar-refractivity contribution is 7.26. The minimum absolute atomic E-state index is 0.0640. The van der Waals surface area contributed by atoms with Crippen LogP contribution in [-0.2, 0) is 0 Å². The molecule has 4 nitrogen and oxygen atoms in total. The Hall–Kier alpha value is -6.43. The highest BCUT2D eigenvalue weighted by Crippen LogP contribution is 2.47. The molecule has 0 aliphatic heterocycles. The van der Waals surface area contributed by atoms with Gasteiger partial charge in [-0.2, -0.15) is 0 Å². The van der Waals surface area contributed by atoms with E-state index in [0.29, 0.717) is 32.4 Å². The second-order valence-corrected chi connectivity index (χ2v) is 12.7. The van der Waals surface area contributed by atoms with Crippen molar-refractivity contribution >= 4 is 53.4 Å². The van der Waals surface area contributed by atoms with E-state index in [2.05, 4.69) is 9.97 Å². The van der Waals surface area contributed by atoms with E-state index < -0.39 is 30.2 Å². The van der Waals surface area contributed by atoms with Crippen LogP contribution in [-0.4, -0.2) is 15.0 Å². The molecule has 0 saturated carbocycles. The molecule has 3 aromatic heterocycles. The number of nitrogens with zero attached hydrogens (tertiary/aromatic N) is 3. The van der Waals surface area contributed by atoms with Gasteiger partial charge in [0.05, 0.1) is 12.3 Å². The monoisotopic (exact) mass is 666 g/mol. The zero-order valence-electron chi connectivity index (χ0n) is 35.1. The van der Waals surface area contributed by atoms with Crippen LogP contribution in [0.1, 0.15) is 12.3 Å². The standard InChI is InChI=1S/C45H27N3OS/c1-4-13-28(14-5-1)32-25-26-34(42-41(32)36-19-10-11-22-39(36)50-42)33-20-12-21-37-40(33)35-24-23-31(27-38(35)49-37)45-47-43(29-15-6-2-7-16-29)46-44(48-45)30-17-8-3-9-18-30/h1-27H/i2D,6D,7D,10D,11D,15D,16D,19D,22D. The number of aromatic nitrogens is 3. The number of thiophene rings is 1. The SMILES string of the molecule is [2H]c1c([2H])c([2H])c(-c2nc(-c3ccccc3)nc(-c3ccc4c(c3)oc3cccc(-c5ccc(-c6ccccc6)c6c5sc5c([2H])c([2H])c([2H])c([2H])c56)c34)n2)c([2H])c1[2H]. The van der Waals surface area contributed by atoms with Gasteiger partial charge in [0.2, 0.25) is 0 Å². The molecule has 7 aromatic carbocycles. The molecule has 0 atom stereocenters. The fraction of sp³-hybridized carbons (Fsp3) is 0. The zero-order chi connectivity index (χ0) is 40.9. The molecule has 0 bridgehead atoms. The molecular formula is C45H27N3OS. The molecule has 5 heteroatoms. The fourth-order valence-corrected chi connectivity index (χ4v) is 7.71. The van der Waals surface area contributed by atoms with E-state index in [1.165, 1.54) is 11.3 Å². The molecule has 50 heavy (non-hydrogen) atoms. The molecule has 0 aliphatic rings. The number of benzene rings is 7. The fourth-order valence-electron chi connectivity index (χ4n) is 6.55. The Bertz CT molecular complexity index is 3360. The summed E-state index contributed by atoms with van der Waals surface area (Å²) >= 11 is 1.35. The van der Waals surface area contributed by atoms with Gasteiger partial charge in [-0.1, -0.05) is 139 Å². The van der Waals surface area contributed by atoms with Crippen molar-refractivity contribution in [2.24, 2.45) is 0 Å². The third kappa shape index (κ3) is 4.71. The molecule has 10 rings (SSSR count). The first-order chi connectivity index (χ1) is 28.5. The average Bonchev–Trinajstić information content (AvgIpc) is 3.86. The van der Waals surface area contributed by atoms with Gasteiger partial charge in [-0.15, -0.1) is 11.3 Å². The van der Waals surface area contributed by atoms with Crippen LogP contribution in [0.15, 0.2) is 168 Å². The lowest BCUT2D eigenvalue weighted by Crippen LogP contribution is -2.00. The van der Waals surface area contributed by atoms with E-state index in [-0.39, 0.29) is 47.2 Å². The lowest BCUT2D eigenvalue weighted by Gasteiger charge is -2.10. The Morgan fingerprint density at radius 3 is 1.94 bits per heavy atom. The quantitative estimate of drug-likeness (QED) is 0.183. The number of fused-ring (bicyclic) bond motifs is 6. The number of hydrogen-bond donors (Lipinski definition) is 0. The molecular weight excluding hydrogens is 631 g/mol. The normalized spacial score (nSPS) is 14.1. The minimum atomic E-state index is -0.512. The van der Waals surface area contributed by atoms with Crippen LogP contribution in [0, 0.1) is 0 Å². The summed E-state index contributed by atoms with van der Waals surface area (Å²) in [5, 5.41) is 2.88. The molecule has 234 valence electrons. The van der Waals surface area contributed by atoms with E-state index in [0.717, 1.165) is 43.1 Å². The Morgan fingerprint density at radius 2 is 1.14 bits per heavy atom. The van der Waals surface area contributed by atoms with Gasteiger partial charge in [0.1, 0.15) is 11.2 Å². The van der Waals surface area contributed by atoms with Crippen molar-refractivity contribution in [1.29, 1.82) is 0 Å². The van der Waals surface area contributed by atoms with Crippen LogP contribution in [0.2, 0.25) is 0 Å². The molecule has 0 aliphatic carbocycles. The molecule has 0 radical (unpaired) electrons. The third-order valence-corrected chi connectivity index (χ3v) is 9.92. The molecule has 0 saturated heterocycles. The zero-order valence-corrected chi connectivity index (χ0v) is 26.9.